The molecule has 0 aliphatic carbocycles. The number of halogens is 3. The smallest absolute Gasteiger partial charge is 0.406 e. The quantitative estimate of drug-likeness (QED) is 0.898. The minimum absolute atomic E-state index is 0.0807. The highest BCUT2D eigenvalue weighted by atomic mass is 19.4. The van der Waals surface area contributed by atoms with Gasteiger partial charge in [-0.05, 0) is 6.42 Å². The molecule has 0 amide bonds. The van der Waals surface area contributed by atoms with E-state index in [2.05, 4.69) is 9.97 Å². The number of carbonyl (C=O) groups is 1. The van der Waals surface area contributed by atoms with Gasteiger partial charge in [0.15, 0.2) is 5.41 Å². The third kappa shape index (κ3) is 2.97. The van der Waals surface area contributed by atoms with Crippen LogP contribution in [0.4, 0.5) is 13.2 Å². The molecule has 5 nitrogen and oxygen atoms in total. The van der Waals surface area contributed by atoms with Gasteiger partial charge in [0.05, 0.1) is 6.54 Å². The predicted octanol–water partition coefficient (Wildman–Crippen LogP) is 2.55. The van der Waals surface area contributed by atoms with Crippen LogP contribution < -0.4 is 0 Å². The van der Waals surface area contributed by atoms with Gasteiger partial charge < -0.3 is 10.1 Å². The van der Waals surface area contributed by atoms with Crippen LogP contribution >= 0.6 is 0 Å². The third-order valence-electron chi connectivity index (χ3n) is 4.11. The first kappa shape index (κ1) is 16.8. The Morgan fingerprint density at radius 2 is 2.09 bits per heavy atom. The number of aliphatic carboxylic acids is 1. The zero-order valence-electron chi connectivity index (χ0n) is 12.8. The van der Waals surface area contributed by atoms with Gasteiger partial charge in [-0.2, -0.15) is 13.2 Å². The molecule has 0 spiro atoms. The van der Waals surface area contributed by atoms with Crippen LogP contribution in [-0.2, 0) is 16.8 Å². The summed E-state index contributed by atoms with van der Waals surface area (Å²) >= 11 is 0. The summed E-state index contributed by atoms with van der Waals surface area (Å²) in [6.07, 6.45) is -3.52. The Bertz CT molecular complexity index is 562. The van der Waals surface area contributed by atoms with Crippen molar-refractivity contribution in [2.24, 2.45) is 5.41 Å². The number of nitrogens with one attached hydrogen (secondary N) is 1. The summed E-state index contributed by atoms with van der Waals surface area (Å²) in [6.45, 7) is 5.72. The summed E-state index contributed by atoms with van der Waals surface area (Å²) in [5.74, 6) is -1.26. The van der Waals surface area contributed by atoms with Crippen LogP contribution in [0.3, 0.4) is 0 Å². The van der Waals surface area contributed by atoms with Crippen molar-refractivity contribution in [2.75, 3.05) is 13.1 Å². The number of alkyl halides is 3. The fraction of sp³-hybridized carbons (Fsp3) is 0.714. The van der Waals surface area contributed by atoms with E-state index in [0.29, 0.717) is 5.82 Å². The maximum atomic E-state index is 13.1. The van der Waals surface area contributed by atoms with Gasteiger partial charge in [0, 0.05) is 30.4 Å². The Kier molecular flexibility index (Phi) is 4.01. The van der Waals surface area contributed by atoms with E-state index in [9.17, 15) is 18.0 Å². The Morgan fingerprint density at radius 1 is 1.45 bits per heavy atom. The second-order valence-corrected chi connectivity index (χ2v) is 6.84. The lowest BCUT2D eigenvalue weighted by molar-refractivity contribution is -0.227. The van der Waals surface area contributed by atoms with E-state index in [1.165, 1.54) is 4.90 Å². The molecule has 8 heteroatoms. The molecular weight excluding hydrogens is 299 g/mol. The Balaban J connectivity index is 2.11. The molecule has 0 saturated carbocycles. The number of rotatable bonds is 3. The minimum Gasteiger partial charge on any atom is -0.481 e. The Labute approximate surface area is 126 Å². The molecule has 0 radical (unpaired) electrons. The van der Waals surface area contributed by atoms with Gasteiger partial charge in [-0.1, -0.05) is 20.8 Å². The largest absolute Gasteiger partial charge is 0.481 e. The first-order valence-corrected chi connectivity index (χ1v) is 7.02. The molecule has 1 fully saturated rings. The maximum absolute atomic E-state index is 13.1. The van der Waals surface area contributed by atoms with Gasteiger partial charge in [-0.3, -0.25) is 9.69 Å². The fourth-order valence-corrected chi connectivity index (χ4v) is 2.59. The number of likely N-dealkylation sites (tertiary alicyclic amines) is 1. The van der Waals surface area contributed by atoms with Crippen LogP contribution in [0, 0.1) is 5.41 Å². The normalized spacial score (nSPS) is 23.9. The molecule has 1 aliphatic heterocycles. The average molecular weight is 319 g/mol. The number of imidazole rings is 1. The summed E-state index contributed by atoms with van der Waals surface area (Å²) in [5, 5.41) is 9.02. The maximum Gasteiger partial charge on any atom is 0.406 e. The van der Waals surface area contributed by atoms with Gasteiger partial charge in [-0.15, -0.1) is 0 Å². The number of carboxylic acid groups (broad SMARTS) is 1. The molecule has 2 N–H and O–H groups in total. The lowest BCUT2D eigenvalue weighted by Gasteiger charge is -2.27. The van der Waals surface area contributed by atoms with Crippen LogP contribution in [0.2, 0.25) is 0 Å². The predicted molar refractivity (Wildman–Crippen MR) is 73.3 cm³/mol. The Hall–Kier alpha value is -1.57. The number of nitrogens with zero attached hydrogens (tertiary/aromatic N) is 2. The highest BCUT2D eigenvalue weighted by Gasteiger charge is 2.63. The lowest BCUT2D eigenvalue weighted by Crippen LogP contribution is -2.47. The van der Waals surface area contributed by atoms with Crippen LogP contribution in [0.1, 0.15) is 38.7 Å². The topological polar surface area (TPSA) is 69.2 Å². The van der Waals surface area contributed by atoms with Crippen LogP contribution in [0.5, 0.6) is 0 Å². The van der Waals surface area contributed by atoms with Gasteiger partial charge in [0.1, 0.15) is 5.82 Å². The highest BCUT2D eigenvalue weighted by Crippen LogP contribution is 2.45. The molecule has 22 heavy (non-hydrogen) atoms. The molecule has 1 aromatic rings. The highest BCUT2D eigenvalue weighted by molar-refractivity contribution is 5.76. The summed E-state index contributed by atoms with van der Waals surface area (Å²) in [6, 6.07) is 0. The number of H-pyrrole nitrogens is 1. The van der Waals surface area contributed by atoms with Gasteiger partial charge in [-0.25, -0.2) is 4.98 Å². The van der Waals surface area contributed by atoms with E-state index in [-0.39, 0.29) is 18.5 Å². The average Bonchev–Trinajstić information content (AvgIpc) is 2.94. The number of aromatic amines is 1. The van der Waals surface area contributed by atoms with Crippen LogP contribution in [-0.4, -0.2) is 45.2 Å². The van der Waals surface area contributed by atoms with Gasteiger partial charge in [0.2, 0.25) is 0 Å². The molecule has 1 aromatic heterocycles. The van der Waals surface area contributed by atoms with E-state index >= 15 is 0 Å². The standard InChI is InChI=1S/C14H20F3N3O2/c1-12(2,3)9-6-18-10(19-9)7-20-5-4-13(8-20,11(21)22)14(15,16)17/h6H,4-5,7-8H2,1-3H3,(H,18,19)(H,21,22). The van der Waals surface area contributed by atoms with Gasteiger partial charge >= 0.3 is 12.1 Å². The molecule has 0 aromatic carbocycles. The fourth-order valence-electron chi connectivity index (χ4n) is 2.59. The molecule has 0 bridgehead atoms. The van der Waals surface area contributed by atoms with Crippen LogP contribution in [0.25, 0.3) is 0 Å². The van der Waals surface area contributed by atoms with Crippen molar-refractivity contribution in [1.29, 1.82) is 0 Å². The SMILES string of the molecule is CC(C)(C)c1cnc(CN2CCC(C(=O)O)(C(F)(F)F)C2)[nH]1. The second-order valence-electron chi connectivity index (χ2n) is 6.84. The zero-order valence-corrected chi connectivity index (χ0v) is 12.8. The number of hydrogen-bond acceptors (Lipinski definition) is 3. The van der Waals surface area contributed by atoms with E-state index in [1.54, 1.807) is 6.20 Å². The van der Waals surface area contributed by atoms with E-state index < -0.39 is 30.5 Å². The molecule has 124 valence electrons. The number of hydrogen-bond donors (Lipinski definition) is 2. The third-order valence-corrected chi connectivity index (χ3v) is 4.11. The van der Waals surface area contributed by atoms with Crippen molar-refractivity contribution >= 4 is 5.97 Å². The number of aromatic nitrogens is 2. The van der Waals surface area contributed by atoms with Crippen LogP contribution in [0.15, 0.2) is 6.20 Å². The number of carboxylic acids is 1. The van der Waals surface area contributed by atoms with E-state index in [0.717, 1.165) is 5.69 Å². The van der Waals surface area contributed by atoms with Crippen molar-refractivity contribution in [3.05, 3.63) is 17.7 Å². The summed E-state index contributed by atoms with van der Waals surface area (Å²) in [5.41, 5.74) is -1.92. The monoisotopic (exact) mass is 319 g/mol. The van der Waals surface area contributed by atoms with Crippen molar-refractivity contribution in [1.82, 2.24) is 14.9 Å². The molecule has 1 unspecified atom stereocenters. The van der Waals surface area contributed by atoms with Crippen molar-refractivity contribution < 1.29 is 23.1 Å². The van der Waals surface area contributed by atoms with Crippen molar-refractivity contribution in [2.45, 2.75) is 45.3 Å². The molecule has 2 heterocycles. The minimum atomic E-state index is -4.76. The lowest BCUT2D eigenvalue weighted by atomic mass is 9.86. The summed E-state index contributed by atoms with van der Waals surface area (Å²) in [7, 11) is 0. The molecule has 2 rings (SSSR count). The van der Waals surface area contributed by atoms with E-state index in [4.69, 9.17) is 5.11 Å². The zero-order chi connectivity index (χ0) is 16.8. The van der Waals surface area contributed by atoms with Crippen molar-refractivity contribution in [3.8, 4) is 0 Å². The van der Waals surface area contributed by atoms with Crippen molar-refractivity contribution in [3.63, 3.8) is 0 Å². The second kappa shape index (κ2) is 5.26. The first-order chi connectivity index (χ1) is 9.96. The summed E-state index contributed by atoms with van der Waals surface area (Å²) < 4.78 is 39.3. The summed E-state index contributed by atoms with van der Waals surface area (Å²) in [4.78, 5) is 19.9. The molecule has 1 atom stereocenters. The van der Waals surface area contributed by atoms with Gasteiger partial charge in [0.25, 0.3) is 0 Å². The Morgan fingerprint density at radius 3 is 2.50 bits per heavy atom. The molecule has 1 aliphatic rings. The first-order valence-electron chi connectivity index (χ1n) is 7.02. The van der Waals surface area contributed by atoms with E-state index in [1.807, 2.05) is 20.8 Å². The molecule has 1 saturated heterocycles. The molecular formula is C14H20F3N3O2.